The fraction of sp³-hybridized carbons (Fsp3) is 0.400. The Morgan fingerprint density at radius 2 is 2.33 bits per heavy atom. The Morgan fingerprint density at radius 3 is 2.67 bits per heavy atom. The summed E-state index contributed by atoms with van der Waals surface area (Å²) in [6.45, 7) is 2.01. The van der Waals surface area contributed by atoms with Crippen molar-refractivity contribution in [2.75, 3.05) is 6.61 Å². The van der Waals surface area contributed by atoms with Gasteiger partial charge < -0.3 is 16.2 Å². The molecule has 0 aromatic heterocycles. The SMILES string of the molecule is CCOC(=O)/C(N)=C/N. The van der Waals surface area contributed by atoms with Gasteiger partial charge in [-0.25, -0.2) is 4.79 Å². The molecule has 0 amide bonds. The van der Waals surface area contributed by atoms with Gasteiger partial charge in [-0.05, 0) is 6.92 Å². The van der Waals surface area contributed by atoms with Crippen LogP contribution in [0.2, 0.25) is 0 Å². The summed E-state index contributed by atoms with van der Waals surface area (Å²) in [7, 11) is 0. The largest absolute Gasteiger partial charge is 0.461 e. The lowest BCUT2D eigenvalue weighted by molar-refractivity contribution is -0.138. The van der Waals surface area contributed by atoms with Crippen LogP contribution < -0.4 is 11.5 Å². The summed E-state index contributed by atoms with van der Waals surface area (Å²) in [6.07, 6.45) is 1.01. The Balaban J connectivity index is 3.74. The second-order valence-corrected chi connectivity index (χ2v) is 1.34. The van der Waals surface area contributed by atoms with E-state index in [2.05, 4.69) is 4.74 Å². The number of rotatable bonds is 2. The van der Waals surface area contributed by atoms with Crippen molar-refractivity contribution >= 4 is 5.97 Å². The molecule has 0 aliphatic rings. The van der Waals surface area contributed by atoms with Crippen molar-refractivity contribution in [2.24, 2.45) is 11.5 Å². The summed E-state index contributed by atoms with van der Waals surface area (Å²) in [4.78, 5) is 10.5. The van der Waals surface area contributed by atoms with Crippen LogP contribution in [0.1, 0.15) is 6.92 Å². The molecule has 0 unspecified atom stereocenters. The van der Waals surface area contributed by atoms with Crippen molar-refractivity contribution in [1.82, 2.24) is 0 Å². The van der Waals surface area contributed by atoms with E-state index in [-0.39, 0.29) is 5.70 Å². The van der Waals surface area contributed by atoms with E-state index in [0.717, 1.165) is 6.20 Å². The molecule has 0 atom stereocenters. The smallest absolute Gasteiger partial charge is 0.355 e. The molecule has 9 heavy (non-hydrogen) atoms. The van der Waals surface area contributed by atoms with Crippen molar-refractivity contribution in [3.05, 3.63) is 11.9 Å². The van der Waals surface area contributed by atoms with Crippen molar-refractivity contribution in [3.8, 4) is 0 Å². The van der Waals surface area contributed by atoms with Crippen LogP contribution in [0.15, 0.2) is 11.9 Å². The number of ether oxygens (including phenoxy) is 1. The molecule has 0 aromatic carbocycles. The highest BCUT2D eigenvalue weighted by Crippen LogP contribution is 1.84. The predicted octanol–water partition coefficient (Wildman–Crippen LogP) is -0.692. The van der Waals surface area contributed by atoms with E-state index in [1.807, 2.05) is 0 Å². The van der Waals surface area contributed by atoms with E-state index in [4.69, 9.17) is 11.5 Å². The molecule has 52 valence electrons. The van der Waals surface area contributed by atoms with Gasteiger partial charge in [0.15, 0.2) is 0 Å². The summed E-state index contributed by atoms with van der Waals surface area (Å²) in [5.74, 6) is -0.569. The molecule has 4 heteroatoms. The molecule has 0 aliphatic carbocycles. The van der Waals surface area contributed by atoms with Crippen LogP contribution in [0.5, 0.6) is 0 Å². The maximum atomic E-state index is 10.5. The van der Waals surface area contributed by atoms with Gasteiger partial charge in [-0.1, -0.05) is 0 Å². The van der Waals surface area contributed by atoms with Crippen LogP contribution >= 0.6 is 0 Å². The van der Waals surface area contributed by atoms with E-state index in [9.17, 15) is 4.79 Å². The first-order valence-electron chi connectivity index (χ1n) is 2.56. The molecule has 0 bridgehead atoms. The number of nitrogens with two attached hydrogens (primary N) is 2. The van der Waals surface area contributed by atoms with Crippen LogP contribution in [0.25, 0.3) is 0 Å². The Morgan fingerprint density at radius 1 is 1.78 bits per heavy atom. The lowest BCUT2D eigenvalue weighted by Gasteiger charge is -1.98. The third-order valence-corrected chi connectivity index (χ3v) is 0.691. The topological polar surface area (TPSA) is 78.3 Å². The molecule has 0 rings (SSSR count). The molecule has 4 nitrogen and oxygen atoms in total. The second-order valence-electron chi connectivity index (χ2n) is 1.34. The Labute approximate surface area is 53.5 Å². The van der Waals surface area contributed by atoms with Crippen molar-refractivity contribution in [1.29, 1.82) is 0 Å². The number of hydrogen-bond donors (Lipinski definition) is 2. The zero-order valence-electron chi connectivity index (χ0n) is 5.26. The Hall–Kier alpha value is -1.19. The monoisotopic (exact) mass is 130 g/mol. The maximum absolute atomic E-state index is 10.5. The molecule has 0 aromatic rings. The number of carbonyl (C=O) groups excluding carboxylic acids is 1. The van der Waals surface area contributed by atoms with E-state index < -0.39 is 5.97 Å². The molecule has 0 spiro atoms. The predicted molar refractivity (Wildman–Crippen MR) is 33.1 cm³/mol. The average molecular weight is 130 g/mol. The van der Waals surface area contributed by atoms with Crippen LogP contribution in [-0.2, 0) is 9.53 Å². The first-order chi connectivity index (χ1) is 4.22. The third kappa shape index (κ3) is 2.58. The number of hydrogen-bond acceptors (Lipinski definition) is 4. The first-order valence-corrected chi connectivity index (χ1v) is 2.56. The normalized spacial score (nSPS) is 11.0. The van der Waals surface area contributed by atoms with Crippen molar-refractivity contribution < 1.29 is 9.53 Å². The quantitative estimate of drug-likeness (QED) is 0.383. The molecule has 0 fully saturated rings. The lowest BCUT2D eigenvalue weighted by atomic mass is 10.5. The minimum Gasteiger partial charge on any atom is -0.461 e. The van der Waals surface area contributed by atoms with Gasteiger partial charge in [-0.3, -0.25) is 0 Å². The summed E-state index contributed by atoms with van der Waals surface area (Å²) >= 11 is 0. The molecular formula is C5H10N2O2. The standard InChI is InChI=1S/C5H10N2O2/c1-2-9-5(8)4(7)3-6/h3H,2,6-7H2,1H3/b4-3-. The summed E-state index contributed by atoms with van der Waals surface area (Å²) < 4.78 is 4.48. The zero-order chi connectivity index (χ0) is 7.28. The van der Waals surface area contributed by atoms with Crippen molar-refractivity contribution in [2.45, 2.75) is 6.92 Å². The molecule has 4 N–H and O–H groups in total. The molecule has 0 aliphatic heterocycles. The maximum Gasteiger partial charge on any atom is 0.355 e. The fourth-order valence-corrected chi connectivity index (χ4v) is 0.282. The van der Waals surface area contributed by atoms with E-state index in [0.29, 0.717) is 6.61 Å². The van der Waals surface area contributed by atoms with E-state index in [1.165, 1.54) is 0 Å². The summed E-state index contributed by atoms with van der Waals surface area (Å²) in [5, 5.41) is 0. The molecule has 0 heterocycles. The van der Waals surface area contributed by atoms with Gasteiger partial charge in [0, 0.05) is 6.20 Å². The van der Waals surface area contributed by atoms with Gasteiger partial charge in [0.05, 0.1) is 6.61 Å². The van der Waals surface area contributed by atoms with Gasteiger partial charge in [0.2, 0.25) is 0 Å². The van der Waals surface area contributed by atoms with Crippen LogP contribution in [0.4, 0.5) is 0 Å². The number of esters is 1. The highest BCUT2D eigenvalue weighted by atomic mass is 16.5. The molecule has 0 saturated carbocycles. The minimum atomic E-state index is -0.569. The molecule has 0 radical (unpaired) electrons. The highest BCUT2D eigenvalue weighted by Gasteiger charge is 2.02. The van der Waals surface area contributed by atoms with Gasteiger partial charge in [-0.15, -0.1) is 0 Å². The highest BCUT2D eigenvalue weighted by molar-refractivity contribution is 5.87. The van der Waals surface area contributed by atoms with Gasteiger partial charge in [-0.2, -0.15) is 0 Å². The van der Waals surface area contributed by atoms with E-state index in [1.54, 1.807) is 6.92 Å². The summed E-state index contributed by atoms with van der Waals surface area (Å²) in [5.41, 5.74) is 9.92. The first kappa shape index (κ1) is 7.81. The molecular weight excluding hydrogens is 120 g/mol. The lowest BCUT2D eigenvalue weighted by Crippen LogP contribution is -2.15. The van der Waals surface area contributed by atoms with Crippen LogP contribution in [-0.4, -0.2) is 12.6 Å². The Bertz CT molecular complexity index is 131. The van der Waals surface area contributed by atoms with Gasteiger partial charge in [0.25, 0.3) is 0 Å². The zero-order valence-corrected chi connectivity index (χ0v) is 5.26. The number of carbonyl (C=O) groups is 1. The summed E-state index contributed by atoms with van der Waals surface area (Å²) in [6, 6.07) is 0. The minimum absolute atomic E-state index is 0.0585. The van der Waals surface area contributed by atoms with Crippen molar-refractivity contribution in [3.63, 3.8) is 0 Å². The molecule has 0 saturated heterocycles. The van der Waals surface area contributed by atoms with Gasteiger partial charge in [0.1, 0.15) is 5.70 Å². The Kier molecular flexibility index (Phi) is 3.27. The van der Waals surface area contributed by atoms with E-state index >= 15 is 0 Å². The van der Waals surface area contributed by atoms with Crippen LogP contribution in [0.3, 0.4) is 0 Å². The third-order valence-electron chi connectivity index (χ3n) is 0.691. The van der Waals surface area contributed by atoms with Gasteiger partial charge >= 0.3 is 5.97 Å². The second kappa shape index (κ2) is 3.77. The van der Waals surface area contributed by atoms with Crippen LogP contribution in [0, 0.1) is 0 Å². The average Bonchev–Trinajstić information content (AvgIpc) is 1.87. The fourth-order valence-electron chi connectivity index (χ4n) is 0.282.